The highest BCUT2D eigenvalue weighted by Crippen LogP contribution is 2.35. The van der Waals surface area contributed by atoms with Gasteiger partial charge in [0.25, 0.3) is 0 Å². The predicted octanol–water partition coefficient (Wildman–Crippen LogP) is 7.00. The van der Waals surface area contributed by atoms with Gasteiger partial charge in [-0.15, -0.1) is 0 Å². The molecule has 3 aliphatic heterocycles. The normalized spacial score (nSPS) is 18.4. The number of piperidine rings is 3. The molecule has 5 N–H and O–H groups in total. The molecule has 0 radical (unpaired) electrons. The summed E-state index contributed by atoms with van der Waals surface area (Å²) in [6.45, 7) is 2.99. The molecule has 4 aromatic carbocycles. The van der Waals surface area contributed by atoms with E-state index in [4.69, 9.17) is 14.2 Å². The topological polar surface area (TPSA) is 162 Å². The number of phenolic OH excluding ortho intramolecular Hbond substituents is 1. The molecule has 0 spiro atoms. The summed E-state index contributed by atoms with van der Waals surface area (Å²) in [4.78, 5) is 42.6. The number of aliphatic hydroxyl groups is 1. The fourth-order valence-corrected chi connectivity index (χ4v) is 7.88. The molecule has 15 heteroatoms. The molecule has 5 aromatic rings. The van der Waals surface area contributed by atoms with Crippen LogP contribution in [-0.4, -0.2) is 77.6 Å². The molecule has 8 rings (SSSR count). The Balaban J connectivity index is 0.911. The Morgan fingerprint density at radius 2 is 1.70 bits per heavy atom. The van der Waals surface area contributed by atoms with Gasteiger partial charge >= 0.3 is 18.2 Å². The molecule has 316 valence electrons. The van der Waals surface area contributed by atoms with Crippen molar-refractivity contribution < 1.29 is 47.2 Å². The van der Waals surface area contributed by atoms with Crippen molar-refractivity contribution in [2.45, 2.75) is 56.7 Å². The van der Waals surface area contributed by atoms with Crippen molar-refractivity contribution in [2.75, 3.05) is 39.3 Å². The van der Waals surface area contributed by atoms with Gasteiger partial charge in [-0.1, -0.05) is 54.6 Å². The van der Waals surface area contributed by atoms with Crippen molar-refractivity contribution in [2.24, 2.45) is 5.92 Å². The molecule has 4 heterocycles. The molecule has 1 unspecified atom stereocenters. The number of esters is 1. The van der Waals surface area contributed by atoms with E-state index in [9.17, 15) is 37.8 Å². The van der Waals surface area contributed by atoms with Gasteiger partial charge < -0.3 is 40.0 Å². The molecule has 3 atom stereocenters. The minimum Gasteiger partial charge on any atom is -0.506 e. The minimum absolute atomic E-state index is 0.117. The van der Waals surface area contributed by atoms with Crippen LogP contribution < -0.4 is 20.9 Å². The molecular weight excluding hydrogens is 782 g/mol. The minimum atomic E-state index is -4.84. The highest BCUT2D eigenvalue weighted by Gasteiger charge is 2.38. The summed E-state index contributed by atoms with van der Waals surface area (Å²) in [7, 11) is 0. The monoisotopic (exact) mass is 828 g/mol. The summed E-state index contributed by atoms with van der Waals surface area (Å²) in [5, 5.41) is 27.4. The van der Waals surface area contributed by atoms with Crippen LogP contribution in [0.15, 0.2) is 102 Å². The number of benzene rings is 4. The van der Waals surface area contributed by atoms with Crippen LogP contribution in [0.2, 0.25) is 0 Å². The molecule has 2 bridgehead atoms. The number of rotatable bonds is 16. The van der Waals surface area contributed by atoms with E-state index in [2.05, 4.69) is 20.5 Å². The van der Waals surface area contributed by atoms with Crippen molar-refractivity contribution >= 4 is 23.0 Å². The Labute approximate surface area is 344 Å². The highest BCUT2D eigenvalue weighted by atomic mass is 19.4. The van der Waals surface area contributed by atoms with Crippen LogP contribution in [0.4, 0.5) is 18.0 Å². The Hall–Kier alpha value is -5.90. The van der Waals surface area contributed by atoms with E-state index in [1.54, 1.807) is 24.3 Å². The number of phenols is 1. The van der Waals surface area contributed by atoms with Gasteiger partial charge in [0.15, 0.2) is 0 Å². The zero-order chi connectivity index (χ0) is 42.2. The number of aliphatic hydroxyl groups excluding tert-OH is 1. The van der Waals surface area contributed by atoms with Crippen LogP contribution in [0.5, 0.6) is 11.5 Å². The molecule has 0 aliphatic carbocycles. The third-order valence-corrected chi connectivity index (χ3v) is 11.0. The lowest BCUT2D eigenvalue weighted by atomic mass is 9.86. The van der Waals surface area contributed by atoms with E-state index in [0.717, 1.165) is 50.2 Å². The number of carbonyl (C=O) groups excluding carboxylic acids is 2. The lowest BCUT2D eigenvalue weighted by Gasteiger charge is -2.43. The van der Waals surface area contributed by atoms with Gasteiger partial charge in [-0.05, 0) is 110 Å². The smallest absolute Gasteiger partial charge is 0.417 e. The number of aromatic hydroxyl groups is 1. The van der Waals surface area contributed by atoms with E-state index in [0.29, 0.717) is 47.6 Å². The first kappa shape index (κ1) is 42.2. The summed E-state index contributed by atoms with van der Waals surface area (Å²) >= 11 is 0. The molecule has 3 saturated heterocycles. The van der Waals surface area contributed by atoms with Crippen LogP contribution >= 0.6 is 0 Å². The molecule has 0 saturated carbocycles. The van der Waals surface area contributed by atoms with Gasteiger partial charge in [0.2, 0.25) is 5.56 Å². The first-order valence-corrected chi connectivity index (χ1v) is 20.0. The zero-order valence-corrected chi connectivity index (χ0v) is 32.8. The van der Waals surface area contributed by atoms with Gasteiger partial charge in [-0.25, -0.2) is 9.59 Å². The van der Waals surface area contributed by atoms with Gasteiger partial charge in [-0.3, -0.25) is 9.69 Å². The number of pyridine rings is 1. The lowest BCUT2D eigenvalue weighted by Crippen LogP contribution is -2.52. The second-order valence-corrected chi connectivity index (χ2v) is 15.2. The third-order valence-electron chi connectivity index (χ3n) is 11.0. The summed E-state index contributed by atoms with van der Waals surface area (Å²) in [5.41, 5.74) is 0.276. The molecule has 60 heavy (non-hydrogen) atoms. The number of hydrogen-bond acceptors (Lipinski definition) is 10. The van der Waals surface area contributed by atoms with Crippen molar-refractivity contribution in [3.8, 4) is 11.5 Å². The Kier molecular flexibility index (Phi) is 13.4. The number of halogens is 3. The van der Waals surface area contributed by atoms with Crippen LogP contribution in [0, 0.1) is 5.92 Å². The number of amides is 1. The van der Waals surface area contributed by atoms with Crippen LogP contribution in [0.25, 0.3) is 10.9 Å². The van der Waals surface area contributed by atoms with E-state index >= 15 is 0 Å². The highest BCUT2D eigenvalue weighted by molar-refractivity contribution is 5.91. The number of alkyl halides is 3. The average molecular weight is 829 g/mol. The molecule has 1 aromatic heterocycles. The average Bonchev–Trinajstić information content (AvgIpc) is 3.25. The first-order chi connectivity index (χ1) is 28.9. The number of ether oxygens (including phenoxy) is 3. The summed E-state index contributed by atoms with van der Waals surface area (Å²) in [6, 6.07) is 24.9. The van der Waals surface area contributed by atoms with Crippen molar-refractivity contribution in [3.05, 3.63) is 141 Å². The number of alkyl carbamates (subject to hydrolysis) is 1. The fraction of sp³-hybridized carbons (Fsp3) is 0.356. The van der Waals surface area contributed by atoms with E-state index in [1.165, 1.54) is 24.3 Å². The van der Waals surface area contributed by atoms with Gasteiger partial charge in [0.1, 0.15) is 24.2 Å². The van der Waals surface area contributed by atoms with Crippen molar-refractivity contribution in [3.63, 3.8) is 0 Å². The van der Waals surface area contributed by atoms with Crippen molar-refractivity contribution in [1.29, 1.82) is 0 Å². The molecule has 3 fully saturated rings. The Morgan fingerprint density at radius 3 is 2.45 bits per heavy atom. The first-order valence-electron chi connectivity index (χ1n) is 20.0. The molecule has 1 amide bonds. The molecular formula is C45H47F3N4O8. The lowest BCUT2D eigenvalue weighted by molar-refractivity contribution is -0.138. The maximum absolute atomic E-state index is 14.2. The number of fused-ring (bicyclic) bond motifs is 4. The second-order valence-electron chi connectivity index (χ2n) is 15.2. The van der Waals surface area contributed by atoms with E-state index < -0.39 is 41.5 Å². The van der Waals surface area contributed by atoms with E-state index in [1.807, 2.05) is 36.4 Å². The number of unbranched alkanes of at least 4 members (excludes halogenated alkanes) is 1. The van der Waals surface area contributed by atoms with Crippen LogP contribution in [-0.2, 0) is 22.3 Å². The maximum atomic E-state index is 14.2. The third kappa shape index (κ3) is 10.4. The number of nitrogens with one attached hydrogen (secondary N) is 3. The zero-order valence-electron chi connectivity index (χ0n) is 32.8. The van der Waals surface area contributed by atoms with E-state index in [-0.39, 0.29) is 48.3 Å². The second kappa shape index (κ2) is 19.0. The summed E-state index contributed by atoms with van der Waals surface area (Å²) in [6.07, 6.45) is -3.65. The largest absolute Gasteiger partial charge is 0.506 e. The summed E-state index contributed by atoms with van der Waals surface area (Å²) < 4.78 is 59.8. The number of H-pyrrole nitrogens is 1. The van der Waals surface area contributed by atoms with Gasteiger partial charge in [0, 0.05) is 24.5 Å². The Bertz CT molecular complexity index is 2330. The standard InChI is InChI=1S/C45H47F3N4O8/c46-45(47,48)36-23-28(11-12-35(36)43(56)58-22-5-4-19-49-25-38(54)33-13-15-37(53)42-34(33)14-16-40(55)50-42)27-59-32-10-6-9-31(24-32)41(30-7-2-1-3-8-30)51-44(57)60-39-26-52-20-17-29(39)18-21-52/h1-3,6-16,23-24,29,38-39,41,49,53-54H,4-5,17-22,25-27H2,(H,50,55)(H,51,57)/t38-,39-,41?/m0/s1. The Morgan fingerprint density at radius 1 is 0.917 bits per heavy atom. The van der Waals surface area contributed by atoms with Crippen LogP contribution in [0.1, 0.15) is 76.0 Å². The number of nitrogens with zero attached hydrogens (tertiary/aromatic N) is 1. The summed E-state index contributed by atoms with van der Waals surface area (Å²) in [5.74, 6) is -0.507. The molecule has 12 nitrogen and oxygen atoms in total. The number of hydrogen-bond donors (Lipinski definition) is 5. The predicted molar refractivity (Wildman–Crippen MR) is 217 cm³/mol. The van der Waals surface area contributed by atoms with Crippen LogP contribution in [0.3, 0.4) is 0 Å². The van der Waals surface area contributed by atoms with Crippen molar-refractivity contribution in [1.82, 2.24) is 20.5 Å². The number of aromatic amines is 1. The quantitative estimate of drug-likeness (QED) is 0.0517. The van der Waals surface area contributed by atoms with Gasteiger partial charge in [-0.2, -0.15) is 13.2 Å². The number of carbonyl (C=O) groups is 2. The number of aromatic nitrogens is 1. The van der Waals surface area contributed by atoms with Gasteiger partial charge in [0.05, 0.1) is 35.4 Å². The molecule has 3 aliphatic rings. The fourth-order valence-electron chi connectivity index (χ4n) is 7.88. The SMILES string of the molecule is O=C(NC(c1ccccc1)c1cccc(OCc2ccc(C(=O)OCCCCNC[C@H](O)c3ccc(O)c4[nH]c(=O)ccc34)c(C(F)(F)F)c2)c1)O[C@H]1CN2CCC1CC2. The maximum Gasteiger partial charge on any atom is 0.417 e.